The number of nitrogens with zero attached hydrogens (tertiary/aromatic N) is 4. The summed E-state index contributed by atoms with van der Waals surface area (Å²) in [5, 5.41) is 20.4. The highest BCUT2D eigenvalue weighted by molar-refractivity contribution is 7.98. The van der Waals surface area contributed by atoms with Crippen LogP contribution in [0.3, 0.4) is 0 Å². The van der Waals surface area contributed by atoms with Gasteiger partial charge in [0, 0.05) is 22.4 Å². The van der Waals surface area contributed by atoms with Crippen LogP contribution in [0.2, 0.25) is 5.02 Å². The number of aromatic nitrogens is 3. The molecule has 8 heteroatoms. The highest BCUT2D eigenvalue weighted by Gasteiger charge is 2.14. The second-order valence-electron chi connectivity index (χ2n) is 5.07. The van der Waals surface area contributed by atoms with E-state index in [1.54, 1.807) is 25.4 Å². The number of benzene rings is 2. The minimum atomic E-state index is -0.363. The number of hydrogen-bond acceptors (Lipinski definition) is 5. The van der Waals surface area contributed by atoms with E-state index in [0.29, 0.717) is 21.5 Å². The van der Waals surface area contributed by atoms with Gasteiger partial charge in [0.2, 0.25) is 0 Å². The first-order valence-electron chi connectivity index (χ1n) is 7.08. The Hall–Kier alpha value is -2.38. The summed E-state index contributed by atoms with van der Waals surface area (Å²) in [7, 11) is 0. The molecule has 24 heavy (non-hydrogen) atoms. The first-order valence-corrected chi connectivity index (χ1v) is 8.44. The molecule has 0 saturated carbocycles. The van der Waals surface area contributed by atoms with Crippen molar-refractivity contribution in [3.05, 3.63) is 75.1 Å². The SMILES string of the molecule is Cc1c(CSc2nncn2-c2cccc(Cl)c2)cccc1[N+](=O)[O-]. The lowest BCUT2D eigenvalue weighted by atomic mass is 10.1. The van der Waals surface area contributed by atoms with Crippen LogP contribution in [-0.4, -0.2) is 19.7 Å². The Morgan fingerprint density at radius 1 is 1.29 bits per heavy atom. The first kappa shape index (κ1) is 16.5. The van der Waals surface area contributed by atoms with Gasteiger partial charge in [-0.15, -0.1) is 10.2 Å². The van der Waals surface area contributed by atoms with Crippen molar-refractivity contribution < 1.29 is 4.92 Å². The molecule has 3 rings (SSSR count). The van der Waals surface area contributed by atoms with Crippen molar-refractivity contribution in [3.63, 3.8) is 0 Å². The van der Waals surface area contributed by atoms with Crippen LogP contribution in [0.1, 0.15) is 11.1 Å². The molecule has 2 aromatic carbocycles. The largest absolute Gasteiger partial charge is 0.277 e. The highest BCUT2D eigenvalue weighted by atomic mass is 35.5. The van der Waals surface area contributed by atoms with Gasteiger partial charge in [0.25, 0.3) is 5.69 Å². The molecule has 0 bridgehead atoms. The van der Waals surface area contributed by atoms with Gasteiger partial charge in [-0.05, 0) is 30.7 Å². The second-order valence-corrected chi connectivity index (χ2v) is 6.45. The average Bonchev–Trinajstić information content (AvgIpc) is 3.02. The smallest absolute Gasteiger partial charge is 0.272 e. The number of nitro benzene ring substituents is 1. The molecule has 0 spiro atoms. The highest BCUT2D eigenvalue weighted by Crippen LogP contribution is 2.28. The third kappa shape index (κ3) is 3.42. The quantitative estimate of drug-likeness (QED) is 0.382. The van der Waals surface area contributed by atoms with Gasteiger partial charge in [-0.25, -0.2) is 0 Å². The van der Waals surface area contributed by atoms with Gasteiger partial charge in [0.15, 0.2) is 5.16 Å². The van der Waals surface area contributed by atoms with Crippen LogP contribution in [0, 0.1) is 17.0 Å². The molecule has 1 aromatic heterocycles. The van der Waals surface area contributed by atoms with Crippen LogP contribution >= 0.6 is 23.4 Å². The Morgan fingerprint density at radius 2 is 2.08 bits per heavy atom. The molecule has 0 saturated heterocycles. The van der Waals surface area contributed by atoms with Crippen molar-refractivity contribution in [2.75, 3.05) is 0 Å². The lowest BCUT2D eigenvalue weighted by Gasteiger charge is -2.08. The molecule has 1 heterocycles. The van der Waals surface area contributed by atoms with Gasteiger partial charge in [-0.3, -0.25) is 14.7 Å². The van der Waals surface area contributed by atoms with Gasteiger partial charge in [-0.2, -0.15) is 0 Å². The zero-order valence-corrected chi connectivity index (χ0v) is 14.3. The zero-order valence-electron chi connectivity index (χ0n) is 12.7. The maximum Gasteiger partial charge on any atom is 0.272 e. The number of nitro groups is 1. The summed E-state index contributed by atoms with van der Waals surface area (Å²) in [5.74, 6) is 0.562. The third-order valence-electron chi connectivity index (χ3n) is 3.57. The molecule has 0 unspecified atom stereocenters. The van der Waals surface area contributed by atoms with E-state index in [2.05, 4.69) is 10.2 Å². The maximum atomic E-state index is 11.0. The molecule has 122 valence electrons. The summed E-state index contributed by atoms with van der Waals surface area (Å²) in [6, 6.07) is 12.5. The lowest BCUT2D eigenvalue weighted by molar-refractivity contribution is -0.385. The summed E-state index contributed by atoms with van der Waals surface area (Å²) in [5.41, 5.74) is 2.56. The van der Waals surface area contributed by atoms with E-state index in [0.717, 1.165) is 11.3 Å². The normalized spacial score (nSPS) is 10.8. The molecule has 0 aliphatic carbocycles. The minimum absolute atomic E-state index is 0.129. The van der Waals surface area contributed by atoms with Gasteiger partial charge < -0.3 is 0 Å². The molecule has 0 atom stereocenters. The molecule has 0 aliphatic heterocycles. The van der Waals surface area contributed by atoms with Crippen LogP contribution in [0.4, 0.5) is 5.69 Å². The Kier molecular flexibility index (Phi) is 4.82. The number of rotatable bonds is 5. The van der Waals surface area contributed by atoms with Crippen molar-refractivity contribution in [1.29, 1.82) is 0 Å². The van der Waals surface area contributed by atoms with E-state index < -0.39 is 0 Å². The Bertz CT molecular complexity index is 897. The Labute approximate surface area is 147 Å². The van der Waals surface area contributed by atoms with Gasteiger partial charge in [-0.1, -0.05) is 41.6 Å². The average molecular weight is 361 g/mol. The standard InChI is InChI=1S/C16H13ClN4O2S/c1-11-12(4-2-7-15(11)21(22)23)9-24-16-19-18-10-20(16)14-6-3-5-13(17)8-14/h2-8,10H,9H2,1H3. The number of hydrogen-bond donors (Lipinski definition) is 0. The number of halogens is 1. The van der Waals surface area contributed by atoms with Crippen molar-refractivity contribution >= 4 is 29.1 Å². The van der Waals surface area contributed by atoms with Gasteiger partial charge in [0.1, 0.15) is 6.33 Å². The second kappa shape index (κ2) is 7.02. The molecule has 0 radical (unpaired) electrons. The van der Waals surface area contributed by atoms with E-state index in [9.17, 15) is 10.1 Å². The predicted molar refractivity (Wildman–Crippen MR) is 93.8 cm³/mol. The fourth-order valence-electron chi connectivity index (χ4n) is 2.29. The van der Waals surface area contributed by atoms with E-state index >= 15 is 0 Å². The molecule has 3 aromatic rings. The van der Waals surface area contributed by atoms with Crippen LogP contribution in [0.25, 0.3) is 5.69 Å². The molecular formula is C16H13ClN4O2S. The summed E-state index contributed by atoms with van der Waals surface area (Å²) < 4.78 is 1.84. The zero-order chi connectivity index (χ0) is 17.1. The minimum Gasteiger partial charge on any atom is -0.277 e. The summed E-state index contributed by atoms with van der Waals surface area (Å²) in [6.07, 6.45) is 1.62. The molecule has 0 amide bonds. The van der Waals surface area contributed by atoms with Crippen LogP contribution in [-0.2, 0) is 5.75 Å². The molecular weight excluding hydrogens is 348 g/mol. The summed E-state index contributed by atoms with van der Waals surface area (Å²) in [4.78, 5) is 10.7. The van der Waals surface area contributed by atoms with Crippen molar-refractivity contribution in [1.82, 2.24) is 14.8 Å². The van der Waals surface area contributed by atoms with E-state index in [-0.39, 0.29) is 10.6 Å². The Morgan fingerprint density at radius 3 is 2.83 bits per heavy atom. The van der Waals surface area contributed by atoms with Gasteiger partial charge in [0.05, 0.1) is 10.6 Å². The van der Waals surface area contributed by atoms with E-state index in [1.165, 1.54) is 17.8 Å². The molecule has 0 aliphatic rings. The Balaban J connectivity index is 1.83. The lowest BCUT2D eigenvalue weighted by Crippen LogP contribution is -1.97. The molecule has 0 fully saturated rings. The maximum absolute atomic E-state index is 11.0. The van der Waals surface area contributed by atoms with Crippen molar-refractivity contribution in [2.24, 2.45) is 0 Å². The predicted octanol–water partition coefficient (Wildman–Crippen LogP) is 4.43. The third-order valence-corrected chi connectivity index (χ3v) is 4.80. The van der Waals surface area contributed by atoms with Crippen LogP contribution < -0.4 is 0 Å². The van der Waals surface area contributed by atoms with Crippen LogP contribution in [0.15, 0.2) is 53.9 Å². The first-order chi connectivity index (χ1) is 11.6. The molecule has 6 nitrogen and oxygen atoms in total. The van der Waals surface area contributed by atoms with Gasteiger partial charge >= 0.3 is 0 Å². The van der Waals surface area contributed by atoms with E-state index in [1.807, 2.05) is 28.8 Å². The van der Waals surface area contributed by atoms with Crippen molar-refractivity contribution in [3.8, 4) is 5.69 Å². The monoisotopic (exact) mass is 360 g/mol. The molecule has 0 N–H and O–H groups in total. The summed E-state index contributed by atoms with van der Waals surface area (Å²) in [6.45, 7) is 1.76. The van der Waals surface area contributed by atoms with Crippen LogP contribution in [0.5, 0.6) is 0 Å². The topological polar surface area (TPSA) is 73.8 Å². The van der Waals surface area contributed by atoms with Crippen molar-refractivity contribution in [2.45, 2.75) is 17.8 Å². The number of thioether (sulfide) groups is 1. The summed E-state index contributed by atoms with van der Waals surface area (Å²) >= 11 is 7.50. The fraction of sp³-hybridized carbons (Fsp3) is 0.125. The van der Waals surface area contributed by atoms with E-state index in [4.69, 9.17) is 11.6 Å². The fourth-order valence-corrected chi connectivity index (χ4v) is 3.47.